The highest BCUT2D eigenvalue weighted by Crippen LogP contribution is 2.30. The van der Waals surface area contributed by atoms with E-state index in [1.54, 1.807) is 16.5 Å². The van der Waals surface area contributed by atoms with E-state index in [9.17, 15) is 5.11 Å². The molecule has 19 heavy (non-hydrogen) atoms. The van der Waals surface area contributed by atoms with Crippen molar-refractivity contribution >= 4 is 11.3 Å². The fourth-order valence-corrected chi connectivity index (χ4v) is 3.86. The van der Waals surface area contributed by atoms with E-state index >= 15 is 0 Å². The van der Waals surface area contributed by atoms with Crippen molar-refractivity contribution in [2.75, 3.05) is 0 Å². The zero-order valence-electron chi connectivity index (χ0n) is 11.1. The number of benzene rings is 1. The number of phenols is 1. The summed E-state index contributed by atoms with van der Waals surface area (Å²) in [5.41, 5.74) is 2.69. The minimum absolute atomic E-state index is 0.254. The van der Waals surface area contributed by atoms with Crippen molar-refractivity contribution in [3.63, 3.8) is 0 Å². The third-order valence-corrected chi connectivity index (χ3v) is 4.99. The second-order valence-corrected chi connectivity index (χ2v) is 6.43. The van der Waals surface area contributed by atoms with Crippen LogP contribution in [0.3, 0.4) is 0 Å². The molecule has 0 spiro atoms. The van der Waals surface area contributed by atoms with Gasteiger partial charge in [0.05, 0.1) is 0 Å². The Morgan fingerprint density at radius 2 is 2.21 bits per heavy atom. The zero-order chi connectivity index (χ0) is 13.2. The molecule has 0 bridgehead atoms. The van der Waals surface area contributed by atoms with Gasteiger partial charge in [-0.05, 0) is 55.5 Å². The van der Waals surface area contributed by atoms with Crippen LogP contribution < -0.4 is 5.32 Å². The maximum atomic E-state index is 9.50. The molecule has 1 aromatic carbocycles. The molecular formula is C16H19NOS. The Hall–Kier alpha value is -1.32. The lowest BCUT2D eigenvalue weighted by molar-refractivity contribution is 0.472. The summed E-state index contributed by atoms with van der Waals surface area (Å²) in [6.07, 6.45) is 3.85. The number of thiophene rings is 1. The number of hydrogen-bond donors (Lipinski definition) is 2. The number of nitrogens with one attached hydrogen (secondary N) is 1. The van der Waals surface area contributed by atoms with Crippen LogP contribution in [-0.4, -0.2) is 5.11 Å². The first-order chi connectivity index (χ1) is 9.22. The van der Waals surface area contributed by atoms with Gasteiger partial charge in [0.2, 0.25) is 0 Å². The van der Waals surface area contributed by atoms with E-state index in [4.69, 9.17) is 0 Å². The number of fused-ring (bicyclic) bond motifs is 1. The lowest BCUT2D eigenvalue weighted by Gasteiger charge is -2.13. The molecule has 2 N–H and O–H groups in total. The van der Waals surface area contributed by atoms with Crippen LogP contribution in [0.4, 0.5) is 0 Å². The molecule has 2 aromatic rings. The molecule has 0 saturated heterocycles. The van der Waals surface area contributed by atoms with Gasteiger partial charge in [-0.25, -0.2) is 0 Å². The van der Waals surface area contributed by atoms with E-state index < -0.39 is 0 Å². The number of hydrogen-bond acceptors (Lipinski definition) is 3. The van der Waals surface area contributed by atoms with Crippen LogP contribution in [0.15, 0.2) is 30.3 Å². The number of aryl methyl sites for hydroxylation is 2. The molecule has 0 amide bonds. The molecule has 0 radical (unpaired) electrons. The lowest BCUT2D eigenvalue weighted by Crippen LogP contribution is -2.17. The van der Waals surface area contributed by atoms with E-state index in [2.05, 4.69) is 18.3 Å². The summed E-state index contributed by atoms with van der Waals surface area (Å²) in [4.78, 5) is 3.01. The van der Waals surface area contributed by atoms with Gasteiger partial charge in [0.1, 0.15) is 5.75 Å². The Morgan fingerprint density at radius 1 is 1.32 bits per heavy atom. The van der Waals surface area contributed by atoms with Crippen LogP contribution in [0.25, 0.3) is 0 Å². The fraction of sp³-hybridized carbons (Fsp3) is 0.375. The minimum Gasteiger partial charge on any atom is -0.508 e. The zero-order valence-corrected chi connectivity index (χ0v) is 12.0. The van der Waals surface area contributed by atoms with Gasteiger partial charge in [-0.1, -0.05) is 12.1 Å². The van der Waals surface area contributed by atoms with Crippen LogP contribution in [0.5, 0.6) is 5.75 Å². The minimum atomic E-state index is 0.254. The van der Waals surface area contributed by atoms with E-state index in [1.807, 2.05) is 29.5 Å². The van der Waals surface area contributed by atoms with Crippen molar-refractivity contribution in [3.8, 4) is 5.75 Å². The largest absolute Gasteiger partial charge is 0.508 e. The third-order valence-electron chi connectivity index (χ3n) is 3.75. The first kappa shape index (κ1) is 12.7. The SMILES string of the molecule is CC(NCc1cc2c(s1)CCC2)c1cccc(O)c1. The molecule has 0 fully saturated rings. The molecule has 3 rings (SSSR count). The predicted octanol–water partition coefficient (Wildman–Crippen LogP) is 3.79. The standard InChI is InChI=1S/C16H19NOS/c1-11(12-4-2-6-14(18)8-12)17-10-15-9-13-5-3-7-16(13)19-15/h2,4,6,8-9,11,17-18H,3,5,7,10H2,1H3. The average Bonchev–Trinajstić information content (AvgIpc) is 2.96. The lowest BCUT2D eigenvalue weighted by atomic mass is 10.1. The van der Waals surface area contributed by atoms with Gasteiger partial charge in [0.25, 0.3) is 0 Å². The smallest absolute Gasteiger partial charge is 0.115 e. The molecule has 1 heterocycles. The van der Waals surface area contributed by atoms with Gasteiger partial charge in [-0.3, -0.25) is 0 Å². The Morgan fingerprint density at radius 3 is 3.00 bits per heavy atom. The molecule has 1 aliphatic carbocycles. The topological polar surface area (TPSA) is 32.3 Å². The van der Waals surface area contributed by atoms with Crippen molar-refractivity contribution in [3.05, 3.63) is 51.2 Å². The van der Waals surface area contributed by atoms with Crippen LogP contribution in [0, 0.1) is 0 Å². The summed E-state index contributed by atoms with van der Waals surface area (Å²) in [5.74, 6) is 0.334. The van der Waals surface area contributed by atoms with E-state index in [0.29, 0.717) is 5.75 Å². The quantitative estimate of drug-likeness (QED) is 0.888. The maximum Gasteiger partial charge on any atom is 0.115 e. The normalized spacial score (nSPS) is 15.4. The molecule has 1 atom stereocenters. The monoisotopic (exact) mass is 273 g/mol. The molecular weight excluding hydrogens is 254 g/mol. The van der Waals surface area contributed by atoms with Crippen LogP contribution in [0.1, 0.15) is 40.3 Å². The van der Waals surface area contributed by atoms with Gasteiger partial charge in [0.15, 0.2) is 0 Å². The Balaban J connectivity index is 1.62. The van der Waals surface area contributed by atoms with Crippen LogP contribution in [0.2, 0.25) is 0 Å². The first-order valence-corrected chi connectivity index (χ1v) is 7.67. The van der Waals surface area contributed by atoms with Gasteiger partial charge in [0, 0.05) is 22.3 Å². The Labute approximate surface area is 118 Å². The van der Waals surface area contributed by atoms with Crippen molar-refractivity contribution in [1.29, 1.82) is 0 Å². The van der Waals surface area contributed by atoms with Crippen molar-refractivity contribution < 1.29 is 5.11 Å². The summed E-state index contributed by atoms with van der Waals surface area (Å²) in [5, 5.41) is 13.0. The highest BCUT2D eigenvalue weighted by Gasteiger charge is 2.15. The molecule has 1 aromatic heterocycles. The fourth-order valence-electron chi connectivity index (χ4n) is 2.64. The third kappa shape index (κ3) is 2.82. The molecule has 0 aliphatic heterocycles. The molecule has 1 aliphatic rings. The van der Waals surface area contributed by atoms with Crippen LogP contribution >= 0.6 is 11.3 Å². The molecule has 0 saturated carbocycles. The van der Waals surface area contributed by atoms with Gasteiger partial charge < -0.3 is 10.4 Å². The van der Waals surface area contributed by atoms with Crippen LogP contribution in [-0.2, 0) is 19.4 Å². The van der Waals surface area contributed by atoms with E-state index in [0.717, 1.165) is 12.1 Å². The van der Waals surface area contributed by atoms with E-state index in [1.165, 1.54) is 24.1 Å². The number of phenolic OH excluding ortho intramolecular Hbond substituents is 1. The highest BCUT2D eigenvalue weighted by molar-refractivity contribution is 7.12. The summed E-state index contributed by atoms with van der Waals surface area (Å²) in [6, 6.07) is 10.1. The molecule has 1 unspecified atom stereocenters. The molecule has 2 nitrogen and oxygen atoms in total. The Kier molecular flexibility index (Phi) is 3.58. The highest BCUT2D eigenvalue weighted by atomic mass is 32.1. The first-order valence-electron chi connectivity index (χ1n) is 6.85. The van der Waals surface area contributed by atoms with Gasteiger partial charge >= 0.3 is 0 Å². The number of rotatable bonds is 4. The van der Waals surface area contributed by atoms with Crippen molar-refractivity contribution in [1.82, 2.24) is 5.32 Å². The summed E-state index contributed by atoms with van der Waals surface area (Å²) < 4.78 is 0. The van der Waals surface area contributed by atoms with Crippen molar-refractivity contribution in [2.45, 2.75) is 38.8 Å². The van der Waals surface area contributed by atoms with Gasteiger partial charge in [-0.15, -0.1) is 11.3 Å². The maximum absolute atomic E-state index is 9.50. The summed E-state index contributed by atoms with van der Waals surface area (Å²) >= 11 is 1.95. The average molecular weight is 273 g/mol. The summed E-state index contributed by atoms with van der Waals surface area (Å²) in [7, 11) is 0. The van der Waals surface area contributed by atoms with Gasteiger partial charge in [-0.2, -0.15) is 0 Å². The van der Waals surface area contributed by atoms with Crippen molar-refractivity contribution in [2.24, 2.45) is 0 Å². The predicted molar refractivity (Wildman–Crippen MR) is 79.7 cm³/mol. The second kappa shape index (κ2) is 5.35. The summed E-state index contributed by atoms with van der Waals surface area (Å²) in [6.45, 7) is 3.05. The second-order valence-electron chi connectivity index (χ2n) is 5.21. The van der Waals surface area contributed by atoms with E-state index in [-0.39, 0.29) is 6.04 Å². The number of aromatic hydroxyl groups is 1. The molecule has 3 heteroatoms. The Bertz CT molecular complexity index is 554. The molecule has 100 valence electrons.